The lowest BCUT2D eigenvalue weighted by atomic mass is 10.4. The number of likely N-dealkylation sites (tertiary alicyclic amines) is 1. The van der Waals surface area contributed by atoms with Gasteiger partial charge in [-0.15, -0.1) is 0 Å². The maximum Gasteiger partial charge on any atom is 0.233 e. The molecule has 1 amide bonds. The number of amides is 1. The van der Waals surface area contributed by atoms with Gasteiger partial charge in [-0.1, -0.05) is 24.0 Å². The summed E-state index contributed by atoms with van der Waals surface area (Å²) in [6, 6.07) is 3.81. The Hall–Kier alpha value is -1.01. The molecule has 1 aliphatic heterocycles. The van der Waals surface area contributed by atoms with Crippen LogP contribution in [0.5, 0.6) is 0 Å². The van der Waals surface area contributed by atoms with Crippen molar-refractivity contribution in [1.82, 2.24) is 9.80 Å². The predicted octanol–water partition coefficient (Wildman–Crippen LogP) is 2.66. The van der Waals surface area contributed by atoms with Crippen molar-refractivity contribution in [1.29, 1.82) is 0 Å². The van der Waals surface area contributed by atoms with E-state index in [2.05, 4.69) is 4.90 Å². The predicted molar refractivity (Wildman–Crippen MR) is 85.8 cm³/mol. The third-order valence-corrected chi connectivity index (χ3v) is 4.81. The molecule has 2 heterocycles. The quantitative estimate of drug-likeness (QED) is 0.799. The van der Waals surface area contributed by atoms with Gasteiger partial charge in [0.1, 0.15) is 15.8 Å². The number of thioether (sulfide) groups is 1. The van der Waals surface area contributed by atoms with Gasteiger partial charge in [0.05, 0.1) is 12.3 Å². The van der Waals surface area contributed by atoms with E-state index in [0.717, 1.165) is 28.9 Å². The number of carbonyl (C=O) groups excluding carboxylic acids is 1. The van der Waals surface area contributed by atoms with Gasteiger partial charge in [0.2, 0.25) is 5.91 Å². The van der Waals surface area contributed by atoms with Crippen molar-refractivity contribution >= 4 is 34.2 Å². The molecule has 6 heteroatoms. The van der Waals surface area contributed by atoms with E-state index < -0.39 is 0 Å². The van der Waals surface area contributed by atoms with Gasteiger partial charge in [-0.3, -0.25) is 4.79 Å². The van der Waals surface area contributed by atoms with Crippen LogP contribution < -0.4 is 0 Å². The van der Waals surface area contributed by atoms with Gasteiger partial charge in [-0.05, 0) is 31.9 Å². The summed E-state index contributed by atoms with van der Waals surface area (Å²) in [5.74, 6) is 2.15. The molecule has 1 aliphatic rings. The molecule has 20 heavy (non-hydrogen) atoms. The number of hydrogen-bond donors (Lipinski definition) is 0. The van der Waals surface area contributed by atoms with Crippen LogP contribution in [0.15, 0.2) is 16.5 Å². The fourth-order valence-corrected chi connectivity index (χ4v) is 3.31. The second kappa shape index (κ2) is 7.13. The monoisotopic (exact) mass is 312 g/mol. The molecule has 0 aliphatic carbocycles. The van der Waals surface area contributed by atoms with Crippen molar-refractivity contribution in [3.63, 3.8) is 0 Å². The normalized spacial score (nSPS) is 14.6. The van der Waals surface area contributed by atoms with Crippen LogP contribution in [0.25, 0.3) is 0 Å². The molecule has 0 aromatic carbocycles. The Kier molecular flexibility index (Phi) is 5.48. The van der Waals surface area contributed by atoms with Crippen LogP contribution in [0.1, 0.15) is 24.4 Å². The molecule has 0 N–H and O–H groups in total. The van der Waals surface area contributed by atoms with Crippen molar-refractivity contribution in [2.45, 2.75) is 26.3 Å². The molecule has 110 valence electrons. The summed E-state index contributed by atoms with van der Waals surface area (Å²) in [5, 5.41) is 0. The average Bonchev–Trinajstić information content (AvgIpc) is 3.07. The van der Waals surface area contributed by atoms with E-state index in [4.69, 9.17) is 16.6 Å². The zero-order valence-electron chi connectivity index (χ0n) is 11.9. The van der Waals surface area contributed by atoms with Gasteiger partial charge in [0.25, 0.3) is 0 Å². The molecule has 2 rings (SSSR count). The fourth-order valence-electron chi connectivity index (χ4n) is 2.12. The standard InChI is InChI=1S/C14H20N2O2S2/c1-11-5-6-12(18-11)9-15(2)13(17)10-20-14(19)16-7-3-4-8-16/h5-6H,3-4,7-10H2,1-2H3. The van der Waals surface area contributed by atoms with Crippen LogP contribution in [-0.2, 0) is 11.3 Å². The smallest absolute Gasteiger partial charge is 0.233 e. The minimum absolute atomic E-state index is 0.0746. The summed E-state index contributed by atoms with van der Waals surface area (Å²) < 4.78 is 6.32. The molecule has 1 saturated heterocycles. The van der Waals surface area contributed by atoms with Gasteiger partial charge in [-0.25, -0.2) is 0 Å². The fraction of sp³-hybridized carbons (Fsp3) is 0.571. The summed E-state index contributed by atoms with van der Waals surface area (Å²) in [6.45, 7) is 4.46. The third kappa shape index (κ3) is 4.24. The van der Waals surface area contributed by atoms with Gasteiger partial charge in [0, 0.05) is 20.1 Å². The minimum Gasteiger partial charge on any atom is -0.464 e. The first-order valence-electron chi connectivity index (χ1n) is 6.77. The number of rotatable bonds is 4. The lowest BCUT2D eigenvalue weighted by Crippen LogP contribution is -2.30. The summed E-state index contributed by atoms with van der Waals surface area (Å²) in [7, 11) is 1.79. The molecule has 4 nitrogen and oxygen atoms in total. The zero-order chi connectivity index (χ0) is 14.5. The van der Waals surface area contributed by atoms with Gasteiger partial charge < -0.3 is 14.2 Å². The number of carbonyl (C=O) groups is 1. The van der Waals surface area contributed by atoms with E-state index in [1.165, 1.54) is 24.6 Å². The first kappa shape index (κ1) is 15.4. The number of aryl methyl sites for hydroxylation is 1. The maximum atomic E-state index is 12.1. The molecule has 1 fully saturated rings. The van der Waals surface area contributed by atoms with Crippen LogP contribution in [0.3, 0.4) is 0 Å². The molecule has 1 aromatic rings. The van der Waals surface area contributed by atoms with Crippen molar-refractivity contribution < 1.29 is 9.21 Å². The maximum absolute atomic E-state index is 12.1. The van der Waals surface area contributed by atoms with Crippen molar-refractivity contribution in [3.05, 3.63) is 23.7 Å². The third-order valence-electron chi connectivity index (χ3n) is 3.30. The van der Waals surface area contributed by atoms with E-state index in [9.17, 15) is 4.79 Å². The molecule has 1 aromatic heterocycles. The van der Waals surface area contributed by atoms with Gasteiger partial charge in [0.15, 0.2) is 0 Å². The highest BCUT2D eigenvalue weighted by atomic mass is 32.2. The summed E-state index contributed by atoms with van der Waals surface area (Å²) in [4.78, 5) is 15.9. The number of thiocarbonyl (C=S) groups is 1. The van der Waals surface area contributed by atoms with Crippen LogP contribution in [0.4, 0.5) is 0 Å². The number of furan rings is 1. The second-order valence-electron chi connectivity index (χ2n) is 5.01. The van der Waals surface area contributed by atoms with Crippen molar-refractivity contribution in [2.24, 2.45) is 0 Å². The van der Waals surface area contributed by atoms with E-state index in [-0.39, 0.29) is 5.91 Å². The SMILES string of the molecule is Cc1ccc(CN(C)C(=O)CSC(=S)N2CCCC2)o1. The highest BCUT2D eigenvalue weighted by Gasteiger charge is 2.17. The Morgan fingerprint density at radius 2 is 2.15 bits per heavy atom. The molecular weight excluding hydrogens is 292 g/mol. The van der Waals surface area contributed by atoms with Gasteiger partial charge in [-0.2, -0.15) is 0 Å². The van der Waals surface area contributed by atoms with E-state index in [1.807, 2.05) is 19.1 Å². The molecule has 0 atom stereocenters. The minimum atomic E-state index is 0.0746. The molecule has 0 spiro atoms. The Labute approximate surface area is 129 Å². The largest absolute Gasteiger partial charge is 0.464 e. The molecule has 0 bridgehead atoms. The topological polar surface area (TPSA) is 36.7 Å². The highest BCUT2D eigenvalue weighted by Crippen LogP contribution is 2.17. The number of nitrogens with zero attached hydrogens (tertiary/aromatic N) is 2. The second-order valence-corrected chi connectivity index (χ2v) is 6.62. The Bertz CT molecular complexity index is 481. The summed E-state index contributed by atoms with van der Waals surface area (Å²) >= 11 is 6.81. The first-order chi connectivity index (χ1) is 9.56. The summed E-state index contributed by atoms with van der Waals surface area (Å²) in [5.41, 5.74) is 0. The van der Waals surface area contributed by atoms with Crippen molar-refractivity contribution in [2.75, 3.05) is 25.9 Å². The molecule has 0 unspecified atom stereocenters. The van der Waals surface area contributed by atoms with Crippen molar-refractivity contribution in [3.8, 4) is 0 Å². The summed E-state index contributed by atoms with van der Waals surface area (Å²) in [6.07, 6.45) is 2.40. The molecule has 0 radical (unpaired) electrons. The first-order valence-corrected chi connectivity index (χ1v) is 8.16. The molecule has 0 saturated carbocycles. The number of hydrogen-bond acceptors (Lipinski definition) is 4. The van der Waals surface area contributed by atoms with Crippen LogP contribution >= 0.6 is 24.0 Å². The van der Waals surface area contributed by atoms with E-state index in [1.54, 1.807) is 11.9 Å². The van der Waals surface area contributed by atoms with Crippen LogP contribution in [0, 0.1) is 6.92 Å². The Morgan fingerprint density at radius 3 is 2.75 bits per heavy atom. The van der Waals surface area contributed by atoms with Gasteiger partial charge >= 0.3 is 0 Å². The van der Waals surface area contributed by atoms with E-state index >= 15 is 0 Å². The lowest BCUT2D eigenvalue weighted by molar-refractivity contribution is -0.127. The van der Waals surface area contributed by atoms with Crippen LogP contribution in [0.2, 0.25) is 0 Å². The molecular formula is C14H20N2O2S2. The van der Waals surface area contributed by atoms with Crippen LogP contribution in [-0.4, -0.2) is 45.9 Å². The lowest BCUT2D eigenvalue weighted by Gasteiger charge is -2.19. The average molecular weight is 312 g/mol. The Morgan fingerprint density at radius 1 is 1.45 bits per heavy atom. The zero-order valence-corrected chi connectivity index (χ0v) is 13.6. The van der Waals surface area contributed by atoms with E-state index in [0.29, 0.717) is 12.3 Å². The Balaban J connectivity index is 1.74. The highest BCUT2D eigenvalue weighted by molar-refractivity contribution is 8.23.